The number of benzene rings is 1. The van der Waals surface area contributed by atoms with Crippen LogP contribution in [0.3, 0.4) is 0 Å². The second-order valence-electron chi connectivity index (χ2n) is 5.44. The van der Waals surface area contributed by atoms with Crippen LogP contribution in [0.4, 0.5) is 5.69 Å². The molecule has 1 aromatic carbocycles. The van der Waals surface area contributed by atoms with Crippen molar-refractivity contribution in [3.8, 4) is 0 Å². The second kappa shape index (κ2) is 7.07. The molecule has 0 unspecified atom stereocenters. The molecule has 1 aromatic rings. The van der Waals surface area contributed by atoms with Crippen LogP contribution in [-0.4, -0.2) is 37.7 Å². The molecule has 0 aliphatic carbocycles. The van der Waals surface area contributed by atoms with Gasteiger partial charge >= 0.3 is 0 Å². The van der Waals surface area contributed by atoms with Crippen molar-refractivity contribution in [2.24, 2.45) is 0 Å². The fraction of sp³-hybridized carbons (Fsp3) is 0.533. The number of nitrogens with one attached hydrogen (secondary N) is 2. The van der Waals surface area contributed by atoms with E-state index in [9.17, 15) is 4.79 Å². The second-order valence-corrected chi connectivity index (χ2v) is 5.85. The number of carbonyl (C=O) groups is 1. The molecule has 0 aromatic heterocycles. The van der Waals surface area contributed by atoms with Crippen LogP contribution in [0.25, 0.3) is 0 Å². The fourth-order valence-electron chi connectivity index (χ4n) is 2.66. The molecule has 1 heterocycles. The van der Waals surface area contributed by atoms with Gasteiger partial charge in [-0.1, -0.05) is 23.7 Å². The topological polar surface area (TPSA) is 42.8 Å². The SMILES string of the molecule is C[C@H]1C[NH+](CCC(=O)Nc2ccccc2Cl)C[C@H](C)O1. The molecule has 4 nitrogen and oxygen atoms in total. The van der Waals surface area contributed by atoms with Crippen LogP contribution >= 0.6 is 11.6 Å². The molecule has 2 atom stereocenters. The van der Waals surface area contributed by atoms with Gasteiger partial charge in [0.2, 0.25) is 5.91 Å². The molecule has 1 amide bonds. The lowest BCUT2D eigenvalue weighted by atomic mass is 10.2. The van der Waals surface area contributed by atoms with E-state index in [2.05, 4.69) is 19.2 Å². The van der Waals surface area contributed by atoms with Gasteiger partial charge in [0.1, 0.15) is 25.3 Å². The number of ether oxygens (including phenoxy) is 1. The number of morpholine rings is 1. The minimum atomic E-state index is 0.0115. The highest BCUT2D eigenvalue weighted by atomic mass is 35.5. The number of halogens is 1. The summed E-state index contributed by atoms with van der Waals surface area (Å²) in [6, 6.07) is 7.29. The van der Waals surface area contributed by atoms with Gasteiger partial charge in [-0.15, -0.1) is 0 Å². The Hall–Kier alpha value is -1.10. The summed E-state index contributed by atoms with van der Waals surface area (Å²) in [7, 11) is 0. The zero-order valence-electron chi connectivity index (χ0n) is 12.0. The van der Waals surface area contributed by atoms with Crippen molar-refractivity contribution in [3.05, 3.63) is 29.3 Å². The van der Waals surface area contributed by atoms with E-state index in [1.165, 1.54) is 4.90 Å². The summed E-state index contributed by atoms with van der Waals surface area (Å²) in [6.45, 7) is 6.92. The normalized spacial score (nSPS) is 26.2. The molecule has 0 spiro atoms. The molecular formula is C15H22ClN2O2+. The number of anilines is 1. The van der Waals surface area contributed by atoms with E-state index in [-0.39, 0.29) is 18.1 Å². The Labute approximate surface area is 125 Å². The molecule has 0 saturated carbocycles. The van der Waals surface area contributed by atoms with Crippen molar-refractivity contribution in [1.82, 2.24) is 0 Å². The van der Waals surface area contributed by atoms with Gasteiger partial charge in [-0.25, -0.2) is 0 Å². The van der Waals surface area contributed by atoms with Crippen LogP contribution in [0, 0.1) is 0 Å². The lowest BCUT2D eigenvalue weighted by Crippen LogP contribution is -3.15. The number of carbonyl (C=O) groups excluding carboxylic acids is 1. The minimum Gasteiger partial charge on any atom is -0.364 e. The van der Waals surface area contributed by atoms with Crippen molar-refractivity contribution in [3.63, 3.8) is 0 Å². The van der Waals surface area contributed by atoms with Crippen LogP contribution < -0.4 is 10.2 Å². The maximum atomic E-state index is 12.0. The van der Waals surface area contributed by atoms with Crippen molar-refractivity contribution >= 4 is 23.2 Å². The zero-order chi connectivity index (χ0) is 14.5. The first-order valence-electron chi connectivity index (χ1n) is 7.08. The molecule has 1 aliphatic rings. The Kier molecular flexibility index (Phi) is 5.40. The van der Waals surface area contributed by atoms with Gasteiger partial charge in [0.05, 0.1) is 23.7 Å². The van der Waals surface area contributed by atoms with Gasteiger partial charge in [0, 0.05) is 0 Å². The molecule has 5 heteroatoms. The Morgan fingerprint density at radius 3 is 2.65 bits per heavy atom. The third kappa shape index (κ3) is 4.47. The first kappa shape index (κ1) is 15.3. The number of amides is 1. The summed E-state index contributed by atoms with van der Waals surface area (Å²) in [4.78, 5) is 13.4. The summed E-state index contributed by atoms with van der Waals surface area (Å²) in [5, 5.41) is 3.43. The van der Waals surface area contributed by atoms with E-state index in [1.54, 1.807) is 6.07 Å². The average Bonchev–Trinajstić information content (AvgIpc) is 2.38. The van der Waals surface area contributed by atoms with Crippen molar-refractivity contribution in [1.29, 1.82) is 0 Å². The largest absolute Gasteiger partial charge is 0.364 e. The zero-order valence-corrected chi connectivity index (χ0v) is 12.7. The van der Waals surface area contributed by atoms with E-state index in [0.717, 1.165) is 19.6 Å². The van der Waals surface area contributed by atoms with E-state index >= 15 is 0 Å². The van der Waals surface area contributed by atoms with Crippen molar-refractivity contribution < 1.29 is 14.4 Å². The summed E-state index contributed by atoms with van der Waals surface area (Å²) in [6.07, 6.45) is 1.03. The first-order chi connectivity index (χ1) is 9.54. The van der Waals surface area contributed by atoms with Gasteiger partial charge < -0.3 is 15.0 Å². The molecule has 0 bridgehead atoms. The third-order valence-electron chi connectivity index (χ3n) is 3.47. The van der Waals surface area contributed by atoms with Gasteiger partial charge in [-0.3, -0.25) is 4.79 Å². The van der Waals surface area contributed by atoms with E-state index in [4.69, 9.17) is 16.3 Å². The number of para-hydroxylation sites is 1. The Balaban J connectivity index is 1.79. The molecule has 1 aliphatic heterocycles. The molecule has 2 rings (SSSR count). The summed E-state index contributed by atoms with van der Waals surface area (Å²) in [5.74, 6) is 0.0115. The standard InChI is InChI=1S/C15H21ClN2O2/c1-11-9-18(10-12(2)20-11)8-7-15(19)17-14-6-4-3-5-13(14)16/h3-6,11-12H,7-10H2,1-2H3,(H,17,19)/p+1/t11-,12-/m0/s1. The highest BCUT2D eigenvalue weighted by Gasteiger charge is 2.25. The van der Waals surface area contributed by atoms with E-state index in [1.807, 2.05) is 18.2 Å². The predicted molar refractivity (Wildman–Crippen MR) is 80.3 cm³/mol. The fourth-order valence-corrected chi connectivity index (χ4v) is 2.84. The van der Waals surface area contributed by atoms with Crippen LogP contribution in [0.15, 0.2) is 24.3 Å². The molecule has 110 valence electrons. The number of rotatable bonds is 4. The average molecular weight is 298 g/mol. The monoisotopic (exact) mass is 297 g/mol. The molecule has 1 saturated heterocycles. The Bertz CT molecular complexity index is 457. The molecule has 20 heavy (non-hydrogen) atoms. The smallest absolute Gasteiger partial charge is 0.230 e. The maximum Gasteiger partial charge on any atom is 0.230 e. The van der Waals surface area contributed by atoms with Crippen LogP contribution in [-0.2, 0) is 9.53 Å². The van der Waals surface area contributed by atoms with Gasteiger partial charge in [0.15, 0.2) is 0 Å². The van der Waals surface area contributed by atoms with Crippen molar-refractivity contribution in [2.45, 2.75) is 32.5 Å². The van der Waals surface area contributed by atoms with Crippen LogP contribution in [0.5, 0.6) is 0 Å². The summed E-state index contributed by atoms with van der Waals surface area (Å²) < 4.78 is 5.70. The lowest BCUT2D eigenvalue weighted by Gasteiger charge is -2.32. The summed E-state index contributed by atoms with van der Waals surface area (Å²) in [5.41, 5.74) is 0.679. The van der Waals surface area contributed by atoms with Crippen LogP contribution in [0.1, 0.15) is 20.3 Å². The molecular weight excluding hydrogens is 276 g/mol. The third-order valence-corrected chi connectivity index (χ3v) is 3.80. The van der Waals surface area contributed by atoms with Crippen molar-refractivity contribution in [2.75, 3.05) is 25.0 Å². The van der Waals surface area contributed by atoms with E-state index in [0.29, 0.717) is 17.1 Å². The quantitative estimate of drug-likeness (QED) is 0.881. The lowest BCUT2D eigenvalue weighted by molar-refractivity contribution is -0.914. The Morgan fingerprint density at radius 1 is 1.35 bits per heavy atom. The predicted octanol–water partition coefficient (Wildman–Crippen LogP) is 1.36. The first-order valence-corrected chi connectivity index (χ1v) is 7.46. The molecule has 0 radical (unpaired) electrons. The summed E-state index contributed by atoms with van der Waals surface area (Å²) >= 11 is 6.02. The number of hydrogen-bond acceptors (Lipinski definition) is 2. The molecule has 1 fully saturated rings. The molecule has 2 N–H and O–H groups in total. The van der Waals surface area contributed by atoms with Gasteiger partial charge in [0.25, 0.3) is 0 Å². The highest BCUT2D eigenvalue weighted by molar-refractivity contribution is 6.33. The van der Waals surface area contributed by atoms with E-state index < -0.39 is 0 Å². The van der Waals surface area contributed by atoms with Gasteiger partial charge in [-0.05, 0) is 26.0 Å². The maximum absolute atomic E-state index is 12.0. The number of hydrogen-bond donors (Lipinski definition) is 2. The Morgan fingerprint density at radius 2 is 2.00 bits per heavy atom. The minimum absolute atomic E-state index is 0.0115. The van der Waals surface area contributed by atoms with Crippen LogP contribution in [0.2, 0.25) is 5.02 Å². The number of quaternary nitrogens is 1. The highest BCUT2D eigenvalue weighted by Crippen LogP contribution is 2.20. The van der Waals surface area contributed by atoms with Gasteiger partial charge in [-0.2, -0.15) is 0 Å².